The van der Waals surface area contributed by atoms with Gasteiger partial charge in [-0.25, -0.2) is 9.59 Å². The van der Waals surface area contributed by atoms with Crippen molar-refractivity contribution in [2.75, 3.05) is 38.2 Å². The molecule has 1 N–H and O–H groups in total. The van der Waals surface area contributed by atoms with Crippen LogP contribution in [0.2, 0.25) is 0 Å². The normalized spacial score (nSPS) is 13.3. The van der Waals surface area contributed by atoms with Gasteiger partial charge in [-0.2, -0.15) is 0 Å². The Morgan fingerprint density at radius 1 is 1.25 bits per heavy atom. The highest BCUT2D eigenvalue weighted by atomic mass is 32.1. The number of anilines is 1. The number of ether oxygens (including phenoxy) is 3. The molecule has 8 nitrogen and oxygen atoms in total. The lowest BCUT2D eigenvalue weighted by Gasteiger charge is -2.18. The number of nitrogens with one attached hydrogen (secondary N) is 1. The molecule has 0 atom stereocenters. The van der Waals surface area contributed by atoms with Gasteiger partial charge in [0.25, 0.3) is 0 Å². The zero-order chi connectivity index (χ0) is 23.1. The summed E-state index contributed by atoms with van der Waals surface area (Å²) in [6.07, 6.45) is 1.46. The van der Waals surface area contributed by atoms with Gasteiger partial charge in [-0.3, -0.25) is 9.69 Å². The number of nitrogens with zero attached hydrogens (tertiary/aromatic N) is 1. The van der Waals surface area contributed by atoms with Crippen LogP contribution in [0.1, 0.15) is 38.1 Å². The highest BCUT2D eigenvalue weighted by molar-refractivity contribution is 7.18. The van der Waals surface area contributed by atoms with Crippen molar-refractivity contribution in [1.82, 2.24) is 4.90 Å². The summed E-state index contributed by atoms with van der Waals surface area (Å²) in [5.41, 5.74) is 1.58. The van der Waals surface area contributed by atoms with Gasteiger partial charge in [0.05, 0.1) is 18.7 Å². The lowest BCUT2D eigenvalue weighted by molar-refractivity contribution is -0.117. The Morgan fingerprint density at radius 2 is 2.03 bits per heavy atom. The summed E-state index contributed by atoms with van der Waals surface area (Å²) in [7, 11) is 0. The number of carbonyl (C=O) groups excluding carboxylic acids is 3. The van der Waals surface area contributed by atoms with E-state index in [1.54, 1.807) is 13.8 Å². The van der Waals surface area contributed by atoms with Crippen molar-refractivity contribution < 1.29 is 28.6 Å². The van der Waals surface area contributed by atoms with Gasteiger partial charge in [0.2, 0.25) is 5.91 Å². The van der Waals surface area contributed by atoms with Gasteiger partial charge in [0.15, 0.2) is 0 Å². The maximum absolute atomic E-state index is 12.8. The number of amides is 1. The molecule has 2 aromatic rings. The van der Waals surface area contributed by atoms with Crippen molar-refractivity contribution in [3.8, 4) is 5.75 Å². The molecule has 1 amide bonds. The van der Waals surface area contributed by atoms with Gasteiger partial charge >= 0.3 is 11.9 Å². The standard InChI is InChI=1S/C23H26N2O6S/c1-4-11-31-23(28)20-15(3)19(22(27)29-5-2)21(32-20)24-18(26)14-25-10-12-30-17-9-7-6-8-16(17)13-25/h4,6-9H,1,5,10-14H2,2-3H3,(H,24,26). The fourth-order valence-corrected chi connectivity index (χ4v) is 4.43. The molecule has 0 saturated carbocycles. The van der Waals surface area contributed by atoms with E-state index in [4.69, 9.17) is 14.2 Å². The van der Waals surface area contributed by atoms with E-state index in [-0.39, 0.29) is 41.1 Å². The van der Waals surface area contributed by atoms with Crippen molar-refractivity contribution in [2.24, 2.45) is 0 Å². The molecule has 32 heavy (non-hydrogen) atoms. The Morgan fingerprint density at radius 3 is 2.78 bits per heavy atom. The van der Waals surface area contributed by atoms with Crippen LogP contribution in [0.15, 0.2) is 36.9 Å². The molecule has 1 aliphatic heterocycles. The maximum Gasteiger partial charge on any atom is 0.348 e. The molecule has 2 heterocycles. The Balaban J connectivity index is 1.77. The van der Waals surface area contributed by atoms with Crippen LogP contribution in [-0.4, -0.2) is 55.7 Å². The SMILES string of the molecule is C=CCOC(=O)c1sc(NC(=O)CN2CCOc3ccccc3C2)c(C(=O)OCC)c1C. The average molecular weight is 459 g/mol. The average Bonchev–Trinajstić information content (AvgIpc) is 2.95. The van der Waals surface area contributed by atoms with E-state index in [1.807, 2.05) is 29.2 Å². The van der Waals surface area contributed by atoms with Gasteiger partial charge in [0.1, 0.15) is 28.8 Å². The van der Waals surface area contributed by atoms with Gasteiger partial charge in [-0.05, 0) is 25.5 Å². The molecular formula is C23H26N2O6S. The molecule has 0 aliphatic carbocycles. The quantitative estimate of drug-likeness (QED) is 0.479. The molecule has 1 aromatic carbocycles. The number of fused-ring (bicyclic) bond motifs is 1. The fourth-order valence-electron chi connectivity index (χ4n) is 3.33. The van der Waals surface area contributed by atoms with Crippen molar-refractivity contribution in [3.05, 3.63) is 58.5 Å². The highest BCUT2D eigenvalue weighted by Crippen LogP contribution is 2.34. The Kier molecular flexibility index (Phi) is 8.02. The van der Waals surface area contributed by atoms with Crippen LogP contribution >= 0.6 is 11.3 Å². The van der Waals surface area contributed by atoms with Crippen LogP contribution < -0.4 is 10.1 Å². The van der Waals surface area contributed by atoms with Crippen molar-refractivity contribution in [1.29, 1.82) is 0 Å². The van der Waals surface area contributed by atoms with E-state index in [0.29, 0.717) is 25.3 Å². The predicted octanol–water partition coefficient (Wildman–Crippen LogP) is 3.41. The van der Waals surface area contributed by atoms with Crippen molar-refractivity contribution in [3.63, 3.8) is 0 Å². The van der Waals surface area contributed by atoms with Gasteiger partial charge < -0.3 is 19.5 Å². The monoisotopic (exact) mass is 458 g/mol. The smallest absolute Gasteiger partial charge is 0.348 e. The van der Waals surface area contributed by atoms with Gasteiger partial charge in [-0.1, -0.05) is 30.9 Å². The van der Waals surface area contributed by atoms with Crippen LogP contribution in [0.5, 0.6) is 5.75 Å². The summed E-state index contributed by atoms with van der Waals surface area (Å²) >= 11 is 0.997. The number of esters is 2. The van der Waals surface area contributed by atoms with Crippen LogP contribution in [0, 0.1) is 6.92 Å². The zero-order valence-electron chi connectivity index (χ0n) is 18.1. The largest absolute Gasteiger partial charge is 0.492 e. The van der Waals surface area contributed by atoms with Crippen LogP contribution in [-0.2, 0) is 20.8 Å². The predicted molar refractivity (Wildman–Crippen MR) is 121 cm³/mol. The fraction of sp³-hybridized carbons (Fsp3) is 0.348. The Bertz CT molecular complexity index is 1020. The number of benzene rings is 1. The summed E-state index contributed by atoms with van der Waals surface area (Å²) in [5.74, 6) is -0.671. The lowest BCUT2D eigenvalue weighted by Crippen LogP contribution is -2.34. The van der Waals surface area contributed by atoms with Crippen LogP contribution in [0.25, 0.3) is 0 Å². The molecule has 1 aliphatic rings. The lowest BCUT2D eigenvalue weighted by atomic mass is 10.1. The minimum atomic E-state index is -0.601. The van der Waals surface area contributed by atoms with E-state index in [2.05, 4.69) is 11.9 Å². The third kappa shape index (κ3) is 5.54. The Labute approximate surface area is 190 Å². The molecule has 170 valence electrons. The first kappa shape index (κ1) is 23.5. The molecule has 0 radical (unpaired) electrons. The van der Waals surface area contributed by atoms with E-state index in [0.717, 1.165) is 22.6 Å². The first-order valence-corrected chi connectivity index (χ1v) is 11.1. The number of carbonyl (C=O) groups is 3. The third-order valence-electron chi connectivity index (χ3n) is 4.80. The number of hydrogen-bond donors (Lipinski definition) is 1. The summed E-state index contributed by atoms with van der Waals surface area (Å²) in [6, 6.07) is 7.72. The first-order valence-electron chi connectivity index (χ1n) is 10.3. The molecule has 0 saturated heterocycles. The second-order valence-electron chi connectivity index (χ2n) is 7.08. The van der Waals surface area contributed by atoms with Gasteiger partial charge in [0, 0.05) is 18.7 Å². The maximum atomic E-state index is 12.8. The molecule has 3 rings (SSSR count). The number of para-hydroxylation sites is 1. The minimum absolute atomic E-state index is 0.0467. The van der Waals surface area contributed by atoms with Crippen molar-refractivity contribution in [2.45, 2.75) is 20.4 Å². The molecular weight excluding hydrogens is 432 g/mol. The minimum Gasteiger partial charge on any atom is -0.492 e. The van der Waals surface area contributed by atoms with E-state index < -0.39 is 11.9 Å². The first-order chi connectivity index (χ1) is 15.4. The van der Waals surface area contributed by atoms with E-state index in [9.17, 15) is 14.4 Å². The highest BCUT2D eigenvalue weighted by Gasteiger charge is 2.28. The second-order valence-corrected chi connectivity index (χ2v) is 8.10. The topological polar surface area (TPSA) is 94.2 Å². The molecule has 1 aromatic heterocycles. The molecule has 0 spiro atoms. The molecule has 0 unspecified atom stereocenters. The second kappa shape index (κ2) is 10.9. The zero-order valence-corrected chi connectivity index (χ0v) is 19.0. The molecule has 0 fully saturated rings. The third-order valence-corrected chi connectivity index (χ3v) is 5.98. The number of thiophene rings is 1. The summed E-state index contributed by atoms with van der Waals surface area (Å²) in [5, 5.41) is 3.05. The number of hydrogen-bond acceptors (Lipinski definition) is 8. The van der Waals surface area contributed by atoms with Crippen LogP contribution in [0.3, 0.4) is 0 Å². The van der Waals surface area contributed by atoms with E-state index >= 15 is 0 Å². The summed E-state index contributed by atoms with van der Waals surface area (Å²) < 4.78 is 16.0. The summed E-state index contributed by atoms with van der Waals surface area (Å²) in [6.45, 7) is 8.78. The van der Waals surface area contributed by atoms with Crippen molar-refractivity contribution >= 4 is 34.2 Å². The Hall–Kier alpha value is -3.17. The van der Waals surface area contributed by atoms with E-state index in [1.165, 1.54) is 6.08 Å². The molecule has 9 heteroatoms. The number of rotatable bonds is 8. The summed E-state index contributed by atoms with van der Waals surface area (Å²) in [4.78, 5) is 39.9. The van der Waals surface area contributed by atoms with Gasteiger partial charge in [-0.15, -0.1) is 11.3 Å². The van der Waals surface area contributed by atoms with Crippen LogP contribution in [0.4, 0.5) is 5.00 Å². The molecule has 0 bridgehead atoms.